The molecule has 0 fully saturated rings. The Morgan fingerprint density at radius 1 is 0.865 bits per heavy atom. The summed E-state index contributed by atoms with van der Waals surface area (Å²) < 4.78 is 4.65. The molecule has 4 nitrogen and oxygen atoms in total. The van der Waals surface area contributed by atoms with E-state index >= 15 is 0 Å². The number of fused-ring (bicyclic) bond motifs is 4. The number of para-hydroxylation sites is 2. The molecule has 0 amide bonds. The molecule has 0 bridgehead atoms. The summed E-state index contributed by atoms with van der Waals surface area (Å²) in [6.07, 6.45) is 8.73. The molecule has 0 unspecified atom stereocenters. The van der Waals surface area contributed by atoms with E-state index in [1.807, 2.05) is 13.7 Å². The van der Waals surface area contributed by atoms with Crippen LogP contribution in [0.25, 0.3) is 44.9 Å². The number of pyridine rings is 1. The first kappa shape index (κ1) is 28.0. The second-order valence-electron chi connectivity index (χ2n) is 8.85. The van der Waals surface area contributed by atoms with Crippen LogP contribution in [-0.4, -0.2) is 17.1 Å². The van der Waals surface area contributed by atoms with Crippen LogP contribution in [0.3, 0.4) is 0 Å². The highest BCUT2D eigenvalue weighted by atomic mass is 79.9. The second-order valence-corrected chi connectivity index (χ2v) is 8.85. The lowest BCUT2D eigenvalue weighted by molar-refractivity contribution is -0.671. The Kier molecular flexibility index (Phi) is 9.93. The number of aromatic nitrogens is 2. The summed E-state index contributed by atoms with van der Waals surface area (Å²) in [5.74, 6) is 0.337. The molecule has 0 saturated carbocycles. The van der Waals surface area contributed by atoms with Gasteiger partial charge in [-0.2, -0.15) is 4.57 Å². The maximum Gasteiger partial charge on any atom is 0.213 e. The van der Waals surface area contributed by atoms with Crippen LogP contribution in [0.15, 0.2) is 79.0 Å². The Morgan fingerprint density at radius 3 is 2.32 bits per heavy atom. The largest absolute Gasteiger partial charge is 1.00 e. The van der Waals surface area contributed by atoms with Gasteiger partial charge in [0.05, 0.1) is 5.39 Å². The Balaban J connectivity index is 0.00000124. The Hall–Kier alpha value is -3.57. The summed E-state index contributed by atoms with van der Waals surface area (Å²) in [5, 5.41) is 3.84. The van der Waals surface area contributed by atoms with Crippen molar-refractivity contribution in [1.29, 1.82) is 0 Å². The van der Waals surface area contributed by atoms with Gasteiger partial charge in [-0.15, -0.1) is 0 Å². The average molecular weight is 558 g/mol. The van der Waals surface area contributed by atoms with Gasteiger partial charge >= 0.3 is 0 Å². The minimum absolute atomic E-state index is 0. The summed E-state index contributed by atoms with van der Waals surface area (Å²) >= 11 is 0. The van der Waals surface area contributed by atoms with Crippen molar-refractivity contribution in [2.75, 3.05) is 0 Å². The lowest BCUT2D eigenvalue weighted by atomic mass is 10.1. The van der Waals surface area contributed by atoms with Crippen molar-refractivity contribution in [3.05, 3.63) is 90.1 Å². The predicted molar refractivity (Wildman–Crippen MR) is 150 cm³/mol. The lowest BCUT2D eigenvalue weighted by Gasteiger charge is -2.05. The highest BCUT2D eigenvalue weighted by molar-refractivity contribution is 6.08. The fourth-order valence-corrected chi connectivity index (χ4v) is 4.97. The number of aryl methyl sites for hydroxylation is 2. The second kappa shape index (κ2) is 13.1. The molecule has 0 spiro atoms. The third-order valence-corrected chi connectivity index (χ3v) is 6.78. The lowest BCUT2D eigenvalue weighted by Crippen LogP contribution is -3.00. The third-order valence-electron chi connectivity index (χ3n) is 6.78. The number of benzene rings is 3. The Labute approximate surface area is 229 Å². The molecular weight excluding hydrogens is 524 g/mol. The minimum atomic E-state index is 0. The number of Topliss-reactive ketones (excluding diaryl/α,β-unsaturated/α-hetero) is 1. The molecule has 0 aliphatic carbocycles. The molecule has 0 atom stereocenters. The van der Waals surface area contributed by atoms with Crippen molar-refractivity contribution in [2.24, 2.45) is 0 Å². The Morgan fingerprint density at radius 2 is 1.57 bits per heavy atom. The van der Waals surface area contributed by atoms with Crippen LogP contribution in [0.1, 0.15) is 44.2 Å². The number of carbonyl (C=O) groups excluding carboxylic acids is 2. The zero-order valence-corrected chi connectivity index (χ0v) is 23.1. The molecule has 0 aliphatic rings. The number of halogens is 1. The summed E-state index contributed by atoms with van der Waals surface area (Å²) in [4.78, 5) is 19.7. The summed E-state index contributed by atoms with van der Waals surface area (Å²) in [5.41, 5.74) is 6.18. The molecule has 0 aliphatic heterocycles. The first-order valence-electron chi connectivity index (χ1n) is 12.6. The molecule has 37 heavy (non-hydrogen) atoms. The van der Waals surface area contributed by atoms with Gasteiger partial charge in [-0.3, -0.25) is 4.79 Å². The van der Waals surface area contributed by atoms with E-state index in [4.69, 9.17) is 4.79 Å². The normalized spacial score (nSPS) is 11.0. The van der Waals surface area contributed by atoms with E-state index in [9.17, 15) is 4.79 Å². The molecule has 2 heterocycles. The fraction of sp³-hybridized carbons (Fsp3) is 0.219. The smallest absolute Gasteiger partial charge is 0.213 e. The van der Waals surface area contributed by atoms with Crippen LogP contribution < -0.4 is 21.5 Å². The van der Waals surface area contributed by atoms with Gasteiger partial charge in [0.1, 0.15) is 19.1 Å². The highest BCUT2D eigenvalue weighted by Gasteiger charge is 2.12. The van der Waals surface area contributed by atoms with Crippen LogP contribution in [-0.2, 0) is 22.7 Å². The van der Waals surface area contributed by atoms with Crippen molar-refractivity contribution in [1.82, 2.24) is 4.57 Å². The third kappa shape index (κ3) is 5.89. The first-order chi connectivity index (χ1) is 17.7. The number of ketones is 1. The minimum Gasteiger partial charge on any atom is -1.00 e. The average Bonchev–Trinajstić information content (AvgIpc) is 3.26. The van der Waals surface area contributed by atoms with Crippen LogP contribution in [0, 0.1) is 0 Å². The van der Waals surface area contributed by atoms with Crippen molar-refractivity contribution in [3.8, 4) is 0 Å². The fourth-order valence-electron chi connectivity index (χ4n) is 4.97. The van der Waals surface area contributed by atoms with Gasteiger partial charge in [-0.05, 0) is 42.3 Å². The van der Waals surface area contributed by atoms with E-state index in [0.29, 0.717) is 18.6 Å². The van der Waals surface area contributed by atoms with Crippen molar-refractivity contribution in [2.45, 2.75) is 46.2 Å². The van der Waals surface area contributed by atoms with E-state index in [-0.39, 0.29) is 17.0 Å². The molecule has 0 saturated heterocycles. The van der Waals surface area contributed by atoms with Crippen molar-refractivity contribution >= 4 is 57.4 Å². The van der Waals surface area contributed by atoms with Gasteiger partial charge in [0.15, 0.2) is 6.20 Å². The topological polar surface area (TPSA) is 43.0 Å². The van der Waals surface area contributed by atoms with Gasteiger partial charge in [-0.1, -0.05) is 55.5 Å². The summed E-state index contributed by atoms with van der Waals surface area (Å²) in [6.45, 7) is 7.95. The van der Waals surface area contributed by atoms with Gasteiger partial charge in [-0.25, -0.2) is 0 Å². The maximum atomic E-state index is 11.7. The molecule has 0 radical (unpaired) electrons. The quantitative estimate of drug-likeness (QED) is 0.271. The van der Waals surface area contributed by atoms with Gasteiger partial charge < -0.3 is 26.3 Å². The summed E-state index contributed by atoms with van der Waals surface area (Å²) in [7, 11) is 0. The van der Waals surface area contributed by atoms with Gasteiger partial charge in [0.2, 0.25) is 5.52 Å². The van der Waals surface area contributed by atoms with E-state index < -0.39 is 0 Å². The van der Waals surface area contributed by atoms with E-state index in [0.717, 1.165) is 19.5 Å². The molecule has 5 rings (SSSR count). The molecule has 190 valence electrons. The standard InChI is InChI=1S/C31H31N2O.CH2O.BrH/c1-3-25(34)10-9-20-32-21-19-24(26-11-5-7-13-29(26)32)17-15-23-16-18-31-28(22-23)27-12-6-8-14-30(27)33(31)4-2;1-2;/h5-8,11-19,21-22H,3-4,9-10,20H2,1-2H3;1H2;1H/q+1;;/p-1. The molecule has 0 N–H and O–H groups in total. The van der Waals surface area contributed by atoms with Crippen LogP contribution in [0.2, 0.25) is 0 Å². The molecule has 5 aromatic rings. The van der Waals surface area contributed by atoms with Crippen molar-refractivity contribution in [3.63, 3.8) is 0 Å². The first-order valence-corrected chi connectivity index (χ1v) is 12.6. The maximum absolute atomic E-state index is 11.7. The number of hydrogen-bond acceptors (Lipinski definition) is 2. The highest BCUT2D eigenvalue weighted by Crippen LogP contribution is 2.30. The zero-order chi connectivity index (χ0) is 25.5. The Bertz CT molecular complexity index is 1550. The van der Waals surface area contributed by atoms with Crippen molar-refractivity contribution < 1.29 is 31.1 Å². The SMILES string of the molecule is C=O.CCC(=O)CCC[n+]1ccc(/C=C/c2ccc3c(c2)c2ccccc2n3CC)c2ccccc21.[Br-]. The van der Waals surface area contributed by atoms with E-state index in [1.165, 1.54) is 43.8 Å². The molecule has 5 heteroatoms. The van der Waals surface area contributed by atoms with Crippen LogP contribution >= 0.6 is 0 Å². The van der Waals surface area contributed by atoms with E-state index in [2.05, 4.69) is 107 Å². The van der Waals surface area contributed by atoms with Gasteiger partial charge in [0.25, 0.3) is 0 Å². The molecule has 3 aromatic carbocycles. The van der Waals surface area contributed by atoms with Crippen LogP contribution in [0.5, 0.6) is 0 Å². The number of rotatable bonds is 8. The molecular formula is C32H33BrN2O2. The monoisotopic (exact) mass is 556 g/mol. The number of hydrogen-bond donors (Lipinski definition) is 0. The van der Waals surface area contributed by atoms with Crippen LogP contribution in [0.4, 0.5) is 0 Å². The zero-order valence-electron chi connectivity index (χ0n) is 21.5. The number of nitrogens with zero attached hydrogens (tertiary/aromatic N) is 2. The number of carbonyl (C=O) groups is 2. The molecule has 2 aromatic heterocycles. The summed E-state index contributed by atoms with van der Waals surface area (Å²) in [6, 6.07) is 26.1. The predicted octanol–water partition coefficient (Wildman–Crippen LogP) is 4.00. The van der Waals surface area contributed by atoms with E-state index in [1.54, 1.807) is 0 Å². The van der Waals surface area contributed by atoms with Gasteiger partial charge in [0, 0.05) is 59.7 Å².